The number of hydrogen-bond acceptors (Lipinski definition) is 7. The molecular formula is C18H18ClN3O5S. The van der Waals surface area contributed by atoms with Crippen molar-refractivity contribution in [1.29, 1.82) is 5.26 Å². The molecule has 0 fully saturated rings. The van der Waals surface area contributed by atoms with Gasteiger partial charge in [0.1, 0.15) is 17.2 Å². The van der Waals surface area contributed by atoms with E-state index in [1.54, 1.807) is 13.8 Å². The van der Waals surface area contributed by atoms with E-state index in [4.69, 9.17) is 21.6 Å². The van der Waals surface area contributed by atoms with Crippen LogP contribution in [-0.4, -0.2) is 25.1 Å². The molecule has 148 valence electrons. The molecule has 8 nitrogen and oxygen atoms in total. The van der Waals surface area contributed by atoms with Gasteiger partial charge in [-0.05, 0) is 38.1 Å². The number of sulfone groups is 1. The van der Waals surface area contributed by atoms with Crippen LogP contribution in [-0.2, 0) is 9.84 Å². The van der Waals surface area contributed by atoms with Gasteiger partial charge in [-0.2, -0.15) is 5.26 Å². The van der Waals surface area contributed by atoms with Crippen LogP contribution in [0.1, 0.15) is 20.3 Å². The molecule has 0 bridgehead atoms. The Morgan fingerprint density at radius 1 is 1.29 bits per heavy atom. The first-order valence-electron chi connectivity index (χ1n) is 8.27. The van der Waals surface area contributed by atoms with E-state index >= 15 is 0 Å². The second-order valence-corrected chi connectivity index (χ2v) is 8.97. The lowest BCUT2D eigenvalue weighted by molar-refractivity contribution is -0.384. The molecule has 1 N–H and O–H groups in total. The van der Waals surface area contributed by atoms with Crippen LogP contribution in [0.5, 0.6) is 11.5 Å². The predicted octanol–water partition coefficient (Wildman–Crippen LogP) is 4.55. The van der Waals surface area contributed by atoms with Crippen molar-refractivity contribution in [3.8, 4) is 17.6 Å². The Morgan fingerprint density at radius 2 is 2.00 bits per heavy atom. The Morgan fingerprint density at radius 3 is 2.57 bits per heavy atom. The van der Waals surface area contributed by atoms with Crippen LogP contribution in [0.15, 0.2) is 41.3 Å². The maximum Gasteiger partial charge on any atom is 0.292 e. The van der Waals surface area contributed by atoms with Crippen LogP contribution in [0.25, 0.3) is 0 Å². The van der Waals surface area contributed by atoms with Gasteiger partial charge in [0.05, 0.1) is 32.6 Å². The van der Waals surface area contributed by atoms with E-state index in [1.165, 1.54) is 36.4 Å². The monoisotopic (exact) mass is 423 g/mol. The Labute approximate surface area is 167 Å². The summed E-state index contributed by atoms with van der Waals surface area (Å²) in [5, 5.41) is 22.1. The highest BCUT2D eigenvalue weighted by Gasteiger charge is 2.21. The molecule has 0 unspecified atom stereocenters. The zero-order chi connectivity index (χ0) is 20.9. The molecule has 0 amide bonds. The van der Waals surface area contributed by atoms with Crippen LogP contribution in [0.2, 0.25) is 5.02 Å². The van der Waals surface area contributed by atoms with Gasteiger partial charge in [0.2, 0.25) is 0 Å². The first kappa shape index (κ1) is 21.5. The number of nitriles is 1. The highest BCUT2D eigenvalue weighted by Crippen LogP contribution is 2.35. The number of nitro benzene ring substituents is 1. The van der Waals surface area contributed by atoms with Crippen molar-refractivity contribution in [3.05, 3.63) is 51.5 Å². The van der Waals surface area contributed by atoms with Crippen LogP contribution < -0.4 is 10.1 Å². The second kappa shape index (κ2) is 8.91. The smallest absolute Gasteiger partial charge is 0.292 e. The van der Waals surface area contributed by atoms with Gasteiger partial charge in [0, 0.05) is 18.7 Å². The van der Waals surface area contributed by atoms with Crippen LogP contribution in [0.4, 0.5) is 11.4 Å². The maximum atomic E-state index is 12.2. The Hall–Kier alpha value is -2.83. The lowest BCUT2D eigenvalue weighted by Gasteiger charge is -2.12. The molecule has 0 atom stereocenters. The summed E-state index contributed by atoms with van der Waals surface area (Å²) < 4.78 is 30.1. The predicted molar refractivity (Wildman–Crippen MR) is 106 cm³/mol. The van der Waals surface area contributed by atoms with Gasteiger partial charge < -0.3 is 10.1 Å². The summed E-state index contributed by atoms with van der Waals surface area (Å²) in [7, 11) is -3.48. The largest absolute Gasteiger partial charge is 0.456 e. The van der Waals surface area contributed by atoms with Crippen molar-refractivity contribution in [2.45, 2.75) is 30.4 Å². The molecule has 2 aromatic carbocycles. The average Bonchev–Trinajstić information content (AvgIpc) is 2.63. The fourth-order valence-corrected chi connectivity index (χ4v) is 3.64. The first-order chi connectivity index (χ1) is 13.2. The lowest BCUT2D eigenvalue weighted by Crippen LogP contribution is -2.13. The van der Waals surface area contributed by atoms with Gasteiger partial charge in [0.25, 0.3) is 5.69 Å². The molecule has 0 heterocycles. The van der Waals surface area contributed by atoms with Crippen LogP contribution in [0.3, 0.4) is 0 Å². The normalized spacial score (nSPS) is 11.1. The van der Waals surface area contributed by atoms with E-state index in [0.717, 1.165) is 0 Å². The number of nitro groups is 1. The first-order valence-corrected chi connectivity index (χ1v) is 10.2. The minimum atomic E-state index is -3.48. The topological polar surface area (TPSA) is 122 Å². The van der Waals surface area contributed by atoms with Crippen molar-refractivity contribution < 1.29 is 18.1 Å². The molecule has 0 saturated heterocycles. The summed E-state index contributed by atoms with van der Waals surface area (Å²) in [6.07, 6.45) is 0.180. The molecule has 2 aromatic rings. The Kier molecular flexibility index (Phi) is 6.83. The number of anilines is 1. The summed E-state index contributed by atoms with van der Waals surface area (Å²) in [4.78, 5) is 10.7. The summed E-state index contributed by atoms with van der Waals surface area (Å²) >= 11 is 6.16. The van der Waals surface area contributed by atoms with E-state index in [-0.39, 0.29) is 45.8 Å². The van der Waals surface area contributed by atoms with Crippen molar-refractivity contribution in [2.75, 3.05) is 11.9 Å². The zero-order valence-corrected chi connectivity index (χ0v) is 16.7. The quantitative estimate of drug-likeness (QED) is 0.375. The second-order valence-electron chi connectivity index (χ2n) is 6.06. The average molecular weight is 424 g/mol. The number of halogens is 1. The summed E-state index contributed by atoms with van der Waals surface area (Å²) in [5.41, 5.74) is 0.0441. The van der Waals surface area contributed by atoms with Crippen molar-refractivity contribution >= 4 is 32.8 Å². The SMILES string of the molecule is CC(C)S(=O)(=O)c1ccc(Oc2ccc([N+](=O)[O-])c(NCCC#N)c2)c(Cl)c1. The third-order valence-corrected chi connectivity index (χ3v) is 6.24. The zero-order valence-electron chi connectivity index (χ0n) is 15.2. The number of rotatable bonds is 8. The summed E-state index contributed by atoms with van der Waals surface area (Å²) in [6, 6.07) is 10.2. The molecule has 10 heteroatoms. The van der Waals surface area contributed by atoms with Crippen LogP contribution in [0, 0.1) is 21.4 Å². The van der Waals surface area contributed by atoms with Gasteiger partial charge in [-0.25, -0.2) is 8.42 Å². The number of hydrogen-bond donors (Lipinski definition) is 1. The van der Waals surface area contributed by atoms with Crippen molar-refractivity contribution in [1.82, 2.24) is 0 Å². The van der Waals surface area contributed by atoms with Gasteiger partial charge in [0.15, 0.2) is 9.84 Å². The molecule has 0 radical (unpaired) electrons. The van der Waals surface area contributed by atoms with E-state index < -0.39 is 20.0 Å². The molecule has 0 aromatic heterocycles. The molecular weight excluding hydrogens is 406 g/mol. The van der Waals surface area contributed by atoms with E-state index in [1.807, 2.05) is 6.07 Å². The lowest BCUT2D eigenvalue weighted by atomic mass is 10.2. The Bertz CT molecular complexity index is 1030. The molecule has 0 aliphatic heterocycles. The number of benzene rings is 2. The van der Waals surface area contributed by atoms with E-state index in [2.05, 4.69) is 5.32 Å². The van der Waals surface area contributed by atoms with Gasteiger partial charge >= 0.3 is 0 Å². The fraction of sp³-hybridized carbons (Fsp3) is 0.278. The van der Waals surface area contributed by atoms with Gasteiger partial charge in [-0.15, -0.1) is 0 Å². The van der Waals surface area contributed by atoms with E-state index in [9.17, 15) is 18.5 Å². The molecule has 0 spiro atoms. The summed E-state index contributed by atoms with van der Waals surface area (Å²) in [6.45, 7) is 3.39. The molecule has 0 aliphatic rings. The molecule has 28 heavy (non-hydrogen) atoms. The standard InChI is InChI=1S/C18H18ClN3O5S/c1-12(2)28(25,26)14-5-7-18(15(19)11-14)27-13-4-6-17(22(23)24)16(10-13)21-9-3-8-20/h4-7,10-12,21H,3,9H2,1-2H3. The highest BCUT2D eigenvalue weighted by atomic mass is 35.5. The number of nitrogens with one attached hydrogen (secondary N) is 1. The molecule has 0 aliphatic carbocycles. The van der Waals surface area contributed by atoms with Crippen LogP contribution >= 0.6 is 11.6 Å². The molecule has 0 saturated carbocycles. The highest BCUT2D eigenvalue weighted by molar-refractivity contribution is 7.92. The number of nitrogens with zero attached hydrogens (tertiary/aromatic N) is 2. The van der Waals surface area contributed by atoms with Gasteiger partial charge in [-0.3, -0.25) is 10.1 Å². The third-order valence-electron chi connectivity index (χ3n) is 3.80. The maximum absolute atomic E-state index is 12.2. The minimum absolute atomic E-state index is 0.0856. The Balaban J connectivity index is 2.31. The molecule has 2 rings (SSSR count). The minimum Gasteiger partial charge on any atom is -0.456 e. The van der Waals surface area contributed by atoms with Crippen molar-refractivity contribution in [3.63, 3.8) is 0 Å². The van der Waals surface area contributed by atoms with E-state index in [0.29, 0.717) is 0 Å². The summed E-state index contributed by atoms with van der Waals surface area (Å²) in [5.74, 6) is 0.479. The number of ether oxygens (including phenoxy) is 1. The fourth-order valence-electron chi connectivity index (χ4n) is 2.27. The third kappa shape index (κ3) is 4.91. The van der Waals surface area contributed by atoms with Crippen molar-refractivity contribution in [2.24, 2.45) is 0 Å². The van der Waals surface area contributed by atoms with Gasteiger partial charge in [-0.1, -0.05) is 11.6 Å².